The van der Waals surface area contributed by atoms with Gasteiger partial charge in [-0.2, -0.15) is 0 Å². The molecule has 1 aromatic heterocycles. The summed E-state index contributed by atoms with van der Waals surface area (Å²) in [6.45, 7) is 9.53. The zero-order valence-corrected chi connectivity index (χ0v) is 12.4. The SMILES string of the molecule is CCOC(=O)c1nnc(C)n1CC(C)(C)CCOC. The summed E-state index contributed by atoms with van der Waals surface area (Å²) in [4.78, 5) is 11.8. The highest BCUT2D eigenvalue weighted by Crippen LogP contribution is 2.24. The van der Waals surface area contributed by atoms with Crippen molar-refractivity contribution < 1.29 is 14.3 Å². The van der Waals surface area contributed by atoms with Gasteiger partial charge in [0, 0.05) is 20.3 Å². The molecule has 0 saturated heterocycles. The van der Waals surface area contributed by atoms with Crippen molar-refractivity contribution in [2.45, 2.75) is 40.7 Å². The van der Waals surface area contributed by atoms with Crippen LogP contribution < -0.4 is 0 Å². The third kappa shape index (κ3) is 4.31. The van der Waals surface area contributed by atoms with E-state index in [9.17, 15) is 4.79 Å². The number of carbonyl (C=O) groups is 1. The molecule has 0 bridgehead atoms. The van der Waals surface area contributed by atoms with Crippen LogP contribution in [0.4, 0.5) is 0 Å². The van der Waals surface area contributed by atoms with Crippen LogP contribution in [0.1, 0.15) is 43.6 Å². The summed E-state index contributed by atoms with van der Waals surface area (Å²) in [7, 11) is 1.68. The molecule has 0 spiro atoms. The molecular formula is C13H23N3O3. The highest BCUT2D eigenvalue weighted by atomic mass is 16.5. The highest BCUT2D eigenvalue weighted by molar-refractivity contribution is 5.85. The molecule has 6 heteroatoms. The van der Waals surface area contributed by atoms with Gasteiger partial charge in [0.15, 0.2) is 0 Å². The van der Waals surface area contributed by atoms with E-state index in [0.29, 0.717) is 25.6 Å². The highest BCUT2D eigenvalue weighted by Gasteiger charge is 2.25. The van der Waals surface area contributed by atoms with Gasteiger partial charge in [-0.05, 0) is 25.7 Å². The Hall–Kier alpha value is -1.43. The van der Waals surface area contributed by atoms with Gasteiger partial charge >= 0.3 is 5.97 Å². The van der Waals surface area contributed by atoms with Gasteiger partial charge in [0.05, 0.1) is 6.61 Å². The Morgan fingerprint density at radius 2 is 2.05 bits per heavy atom. The van der Waals surface area contributed by atoms with Gasteiger partial charge in [-0.3, -0.25) is 0 Å². The van der Waals surface area contributed by atoms with Crippen molar-refractivity contribution in [3.63, 3.8) is 0 Å². The van der Waals surface area contributed by atoms with Gasteiger partial charge < -0.3 is 14.0 Å². The molecule has 0 aliphatic heterocycles. The Labute approximate surface area is 114 Å². The van der Waals surface area contributed by atoms with Gasteiger partial charge in [-0.25, -0.2) is 4.79 Å². The molecular weight excluding hydrogens is 246 g/mol. The van der Waals surface area contributed by atoms with Crippen molar-refractivity contribution in [2.75, 3.05) is 20.3 Å². The zero-order valence-electron chi connectivity index (χ0n) is 12.4. The summed E-state index contributed by atoms with van der Waals surface area (Å²) in [6.07, 6.45) is 0.892. The molecule has 1 heterocycles. The second kappa shape index (κ2) is 6.65. The van der Waals surface area contributed by atoms with E-state index in [0.717, 1.165) is 6.42 Å². The number of carbonyl (C=O) groups excluding carboxylic acids is 1. The largest absolute Gasteiger partial charge is 0.460 e. The molecule has 0 fully saturated rings. The Kier molecular flexibility index (Phi) is 5.47. The number of aryl methyl sites for hydroxylation is 1. The second-order valence-electron chi connectivity index (χ2n) is 5.28. The quantitative estimate of drug-likeness (QED) is 0.706. The summed E-state index contributed by atoms with van der Waals surface area (Å²) in [5, 5.41) is 7.87. The van der Waals surface area contributed by atoms with E-state index in [4.69, 9.17) is 9.47 Å². The molecule has 108 valence electrons. The first-order chi connectivity index (χ1) is 8.91. The molecule has 0 N–H and O–H groups in total. The lowest BCUT2D eigenvalue weighted by molar-refractivity contribution is 0.0501. The molecule has 6 nitrogen and oxygen atoms in total. The van der Waals surface area contributed by atoms with Crippen LogP contribution in [-0.4, -0.2) is 41.1 Å². The smallest absolute Gasteiger partial charge is 0.376 e. The summed E-state index contributed by atoms with van der Waals surface area (Å²) < 4.78 is 11.9. The van der Waals surface area contributed by atoms with E-state index in [-0.39, 0.29) is 11.2 Å². The minimum absolute atomic E-state index is 0.00953. The van der Waals surface area contributed by atoms with Crippen molar-refractivity contribution in [1.29, 1.82) is 0 Å². The van der Waals surface area contributed by atoms with Crippen LogP contribution in [0.3, 0.4) is 0 Å². The van der Waals surface area contributed by atoms with Crippen LogP contribution >= 0.6 is 0 Å². The molecule has 0 unspecified atom stereocenters. The monoisotopic (exact) mass is 269 g/mol. The molecule has 0 aliphatic rings. The van der Waals surface area contributed by atoms with Crippen LogP contribution in [0.25, 0.3) is 0 Å². The van der Waals surface area contributed by atoms with Crippen LogP contribution in [0.2, 0.25) is 0 Å². The Balaban J connectivity index is 2.88. The first-order valence-corrected chi connectivity index (χ1v) is 6.47. The van der Waals surface area contributed by atoms with Gasteiger partial charge in [-0.15, -0.1) is 10.2 Å². The maximum Gasteiger partial charge on any atom is 0.376 e. The number of nitrogens with zero attached hydrogens (tertiary/aromatic N) is 3. The molecule has 0 aliphatic carbocycles. The molecule has 0 amide bonds. The first-order valence-electron chi connectivity index (χ1n) is 6.47. The summed E-state index contributed by atoms with van der Waals surface area (Å²) in [5.74, 6) is 0.559. The fourth-order valence-corrected chi connectivity index (χ4v) is 1.80. The van der Waals surface area contributed by atoms with E-state index < -0.39 is 5.97 Å². The van der Waals surface area contributed by atoms with Crippen molar-refractivity contribution in [3.05, 3.63) is 11.6 Å². The lowest BCUT2D eigenvalue weighted by Gasteiger charge is -2.25. The summed E-state index contributed by atoms with van der Waals surface area (Å²) in [6, 6.07) is 0. The molecule has 19 heavy (non-hydrogen) atoms. The van der Waals surface area contributed by atoms with Crippen LogP contribution in [-0.2, 0) is 16.0 Å². The van der Waals surface area contributed by atoms with E-state index in [1.165, 1.54) is 0 Å². The minimum atomic E-state index is -0.425. The van der Waals surface area contributed by atoms with Crippen LogP contribution in [0.15, 0.2) is 0 Å². The maximum atomic E-state index is 11.8. The van der Waals surface area contributed by atoms with E-state index in [2.05, 4.69) is 24.0 Å². The normalized spacial score (nSPS) is 11.6. The summed E-state index contributed by atoms with van der Waals surface area (Å²) >= 11 is 0. The predicted octanol–water partition coefficient (Wildman–Crippen LogP) is 1.83. The van der Waals surface area contributed by atoms with Crippen LogP contribution in [0.5, 0.6) is 0 Å². The lowest BCUT2D eigenvalue weighted by atomic mass is 9.89. The number of esters is 1. The fourth-order valence-electron chi connectivity index (χ4n) is 1.80. The van der Waals surface area contributed by atoms with Crippen molar-refractivity contribution >= 4 is 5.97 Å². The van der Waals surface area contributed by atoms with Gasteiger partial charge in [0.1, 0.15) is 5.82 Å². The van der Waals surface area contributed by atoms with Gasteiger partial charge in [-0.1, -0.05) is 13.8 Å². The Bertz CT molecular complexity index is 427. The van der Waals surface area contributed by atoms with E-state index in [1.807, 2.05) is 11.5 Å². The van der Waals surface area contributed by atoms with E-state index in [1.54, 1.807) is 14.0 Å². The molecule has 0 radical (unpaired) electrons. The Morgan fingerprint density at radius 1 is 1.37 bits per heavy atom. The standard InChI is InChI=1S/C13H23N3O3/c1-6-19-12(17)11-15-14-10(2)16(11)9-13(3,4)7-8-18-5/h6-9H2,1-5H3. The molecule has 1 rings (SSSR count). The number of ether oxygens (including phenoxy) is 2. The number of hydrogen-bond acceptors (Lipinski definition) is 5. The van der Waals surface area contributed by atoms with Gasteiger partial charge in [0.25, 0.3) is 0 Å². The number of methoxy groups -OCH3 is 1. The van der Waals surface area contributed by atoms with Crippen molar-refractivity contribution in [2.24, 2.45) is 5.41 Å². The van der Waals surface area contributed by atoms with Crippen molar-refractivity contribution in [3.8, 4) is 0 Å². The second-order valence-corrected chi connectivity index (χ2v) is 5.28. The number of rotatable bonds is 7. The lowest BCUT2D eigenvalue weighted by Crippen LogP contribution is -2.25. The summed E-state index contributed by atoms with van der Waals surface area (Å²) in [5.41, 5.74) is -0.00953. The zero-order chi connectivity index (χ0) is 14.5. The third-order valence-corrected chi connectivity index (χ3v) is 2.96. The first kappa shape index (κ1) is 15.6. The topological polar surface area (TPSA) is 66.2 Å². The molecule has 1 aromatic rings. The fraction of sp³-hybridized carbons (Fsp3) is 0.769. The average molecular weight is 269 g/mol. The van der Waals surface area contributed by atoms with Crippen LogP contribution in [0, 0.1) is 12.3 Å². The van der Waals surface area contributed by atoms with E-state index >= 15 is 0 Å². The maximum absolute atomic E-state index is 11.8. The Morgan fingerprint density at radius 3 is 2.63 bits per heavy atom. The average Bonchev–Trinajstić information content (AvgIpc) is 2.68. The third-order valence-electron chi connectivity index (χ3n) is 2.96. The molecule has 0 atom stereocenters. The van der Waals surface area contributed by atoms with Crippen molar-refractivity contribution in [1.82, 2.24) is 14.8 Å². The molecule has 0 saturated carbocycles. The number of aromatic nitrogens is 3. The molecule has 0 aromatic carbocycles. The predicted molar refractivity (Wildman–Crippen MR) is 71.0 cm³/mol. The minimum Gasteiger partial charge on any atom is -0.460 e. The van der Waals surface area contributed by atoms with Gasteiger partial charge in [0.2, 0.25) is 5.82 Å². The number of hydrogen-bond donors (Lipinski definition) is 0.